The van der Waals surface area contributed by atoms with Crippen LogP contribution in [-0.4, -0.2) is 117 Å². The van der Waals surface area contributed by atoms with E-state index in [1.54, 1.807) is 0 Å². The maximum Gasteiger partial charge on any atom is 0.269 e. The Morgan fingerprint density at radius 2 is 1.42 bits per heavy atom. The minimum absolute atomic E-state index is 0.100. The first kappa shape index (κ1) is 29.6. The molecule has 0 spiro atoms. The van der Waals surface area contributed by atoms with Gasteiger partial charge >= 0.3 is 0 Å². The van der Waals surface area contributed by atoms with Gasteiger partial charge in [0.05, 0.1) is 18.1 Å². The average Bonchev–Trinajstić information content (AvgIpc) is 2.86. The Bertz CT molecular complexity index is 980. The van der Waals surface area contributed by atoms with Crippen LogP contribution >= 0.6 is 0 Å². The van der Waals surface area contributed by atoms with Gasteiger partial charge in [0.25, 0.3) is 5.69 Å². The van der Waals surface area contributed by atoms with Gasteiger partial charge in [0, 0.05) is 26.0 Å². The zero-order chi connectivity index (χ0) is 28.1. The number of rotatable bonds is 9. The van der Waals surface area contributed by atoms with Crippen LogP contribution in [0.1, 0.15) is 13.8 Å². The highest BCUT2D eigenvalue weighted by Crippen LogP contribution is 2.31. The molecule has 2 fully saturated rings. The molecule has 1 aromatic carbocycles. The number of ether oxygens (including phenoxy) is 4. The van der Waals surface area contributed by atoms with Crippen molar-refractivity contribution in [3.63, 3.8) is 0 Å². The summed E-state index contributed by atoms with van der Waals surface area (Å²) in [5.74, 6) is -1.09. The number of hydrogen-bond acceptors (Lipinski definition) is 13. The van der Waals surface area contributed by atoms with E-state index >= 15 is 0 Å². The summed E-state index contributed by atoms with van der Waals surface area (Å²) in [6.45, 7) is 0.888. The molecule has 2 aliphatic heterocycles. The van der Waals surface area contributed by atoms with Gasteiger partial charge in [0.2, 0.25) is 18.1 Å². The van der Waals surface area contributed by atoms with Crippen molar-refractivity contribution >= 4 is 17.5 Å². The highest BCUT2D eigenvalue weighted by molar-refractivity contribution is 5.73. The fraction of sp³-hybridized carbons (Fsp3) is 0.636. The molecule has 0 aliphatic carbocycles. The Morgan fingerprint density at radius 3 is 1.92 bits per heavy atom. The molecule has 212 valence electrons. The first-order valence-electron chi connectivity index (χ1n) is 11.6. The van der Waals surface area contributed by atoms with Crippen molar-refractivity contribution in [2.45, 2.75) is 75.1 Å². The van der Waals surface area contributed by atoms with Gasteiger partial charge in [0.15, 0.2) is 6.29 Å². The monoisotopic (exact) mass is 545 g/mol. The van der Waals surface area contributed by atoms with Crippen molar-refractivity contribution in [3.8, 4) is 5.75 Å². The van der Waals surface area contributed by atoms with Gasteiger partial charge in [-0.1, -0.05) is 0 Å². The molecule has 7 N–H and O–H groups in total. The van der Waals surface area contributed by atoms with Crippen LogP contribution in [0.15, 0.2) is 24.3 Å². The summed E-state index contributed by atoms with van der Waals surface area (Å²) in [4.78, 5) is 33.9. The van der Waals surface area contributed by atoms with Crippen LogP contribution in [0.2, 0.25) is 0 Å². The number of benzene rings is 1. The van der Waals surface area contributed by atoms with Crippen LogP contribution in [0, 0.1) is 10.1 Å². The topological polar surface area (TPSA) is 239 Å². The second-order valence-corrected chi connectivity index (χ2v) is 8.84. The first-order chi connectivity index (χ1) is 18.0. The Hall–Kier alpha value is -2.96. The second-order valence-electron chi connectivity index (χ2n) is 8.84. The van der Waals surface area contributed by atoms with Gasteiger partial charge in [-0.2, -0.15) is 0 Å². The van der Waals surface area contributed by atoms with Gasteiger partial charge in [0.1, 0.15) is 54.5 Å². The molecule has 0 aromatic heterocycles. The Balaban J connectivity index is 1.86. The van der Waals surface area contributed by atoms with E-state index < -0.39 is 91.2 Å². The van der Waals surface area contributed by atoms with E-state index in [9.17, 15) is 45.2 Å². The summed E-state index contributed by atoms with van der Waals surface area (Å²) in [5.41, 5.74) is -0.197. The number of nitro benzene ring substituents is 1. The maximum absolute atomic E-state index is 11.9. The number of amides is 2. The molecule has 2 amide bonds. The summed E-state index contributed by atoms with van der Waals surface area (Å²) in [5, 5.41) is 67.2. The fourth-order valence-electron chi connectivity index (χ4n) is 4.25. The molecule has 2 saturated heterocycles. The predicted molar refractivity (Wildman–Crippen MR) is 123 cm³/mol. The highest BCUT2D eigenvalue weighted by atomic mass is 16.7. The molecular formula is C22H31N3O13. The van der Waals surface area contributed by atoms with Crippen LogP contribution in [0.4, 0.5) is 5.69 Å². The van der Waals surface area contributed by atoms with E-state index in [1.807, 2.05) is 0 Å². The smallest absolute Gasteiger partial charge is 0.269 e. The van der Waals surface area contributed by atoms with Crippen LogP contribution in [0.5, 0.6) is 5.75 Å². The predicted octanol–water partition coefficient (Wildman–Crippen LogP) is -3.11. The molecule has 10 atom stereocenters. The van der Waals surface area contributed by atoms with Crippen LogP contribution in [0.3, 0.4) is 0 Å². The van der Waals surface area contributed by atoms with E-state index in [0.717, 1.165) is 6.92 Å². The molecule has 2 heterocycles. The lowest BCUT2D eigenvalue weighted by Gasteiger charge is -2.48. The third-order valence-electron chi connectivity index (χ3n) is 6.06. The van der Waals surface area contributed by atoms with Gasteiger partial charge in [-0.25, -0.2) is 0 Å². The number of nitrogens with zero attached hydrogens (tertiary/aromatic N) is 1. The zero-order valence-electron chi connectivity index (χ0n) is 20.4. The molecule has 0 unspecified atom stereocenters. The molecule has 0 radical (unpaired) electrons. The lowest BCUT2D eigenvalue weighted by atomic mass is 9.94. The Morgan fingerprint density at radius 1 is 0.895 bits per heavy atom. The SMILES string of the molecule is CC(=O)N[C@@H]1[C@H](Oc2ccc([N+](=O)[O-])cc2)O[C@@H](CO)[C@@H](O[C@@H]2O[C@@H](CO)[C@H](O)[C@H](O)[C@@H]2NC(C)=O)[C@@H]1O. The molecule has 16 heteroatoms. The van der Waals surface area contributed by atoms with Crippen molar-refractivity contribution in [3.05, 3.63) is 34.4 Å². The van der Waals surface area contributed by atoms with Crippen molar-refractivity contribution in [2.24, 2.45) is 0 Å². The Kier molecular flexibility index (Phi) is 9.91. The number of carbonyl (C=O) groups excluding carboxylic acids is 2. The van der Waals surface area contributed by atoms with E-state index in [2.05, 4.69) is 10.6 Å². The highest BCUT2D eigenvalue weighted by Gasteiger charge is 2.52. The summed E-state index contributed by atoms with van der Waals surface area (Å²) in [6.07, 6.45) is -11.8. The molecule has 38 heavy (non-hydrogen) atoms. The first-order valence-corrected chi connectivity index (χ1v) is 11.6. The quantitative estimate of drug-likeness (QED) is 0.120. The van der Waals surface area contributed by atoms with E-state index in [0.29, 0.717) is 0 Å². The van der Waals surface area contributed by atoms with Gasteiger partial charge < -0.3 is 55.1 Å². The molecule has 3 rings (SSSR count). The summed E-state index contributed by atoms with van der Waals surface area (Å²) < 4.78 is 22.8. The summed E-state index contributed by atoms with van der Waals surface area (Å²) in [6, 6.07) is 2.29. The number of nitro groups is 1. The Labute approximate surface area is 216 Å². The van der Waals surface area contributed by atoms with Gasteiger partial charge in [-0.3, -0.25) is 19.7 Å². The van der Waals surface area contributed by atoms with Crippen molar-refractivity contribution < 1.29 is 59.0 Å². The molecule has 2 aliphatic rings. The van der Waals surface area contributed by atoms with E-state index in [-0.39, 0.29) is 11.4 Å². The minimum Gasteiger partial charge on any atom is -0.463 e. The van der Waals surface area contributed by atoms with Crippen molar-refractivity contribution in [1.82, 2.24) is 10.6 Å². The standard InChI is InChI=1S/C22H31N3O13/c1-9(28)23-15-18(31)17(30)13(7-26)36-22(15)38-20-14(8-27)37-21(16(19(20)32)24-10(2)29)35-12-5-3-11(4-6-12)25(33)34/h3-6,13-22,26-27,30-32H,7-8H2,1-2H3,(H,23,28)(H,24,29)/t13-,14-,15-,16-,17-,18+,19+,20+,21+,22-/m0/s1. The third-order valence-corrected chi connectivity index (χ3v) is 6.06. The number of carbonyl (C=O) groups is 2. The van der Waals surface area contributed by atoms with Gasteiger partial charge in [-0.05, 0) is 12.1 Å². The summed E-state index contributed by atoms with van der Waals surface area (Å²) in [7, 11) is 0. The zero-order valence-corrected chi connectivity index (χ0v) is 20.4. The van der Waals surface area contributed by atoms with Crippen LogP contribution < -0.4 is 15.4 Å². The number of aliphatic hydroxyl groups excluding tert-OH is 5. The molecule has 0 bridgehead atoms. The van der Waals surface area contributed by atoms with E-state index in [4.69, 9.17) is 18.9 Å². The second kappa shape index (κ2) is 12.7. The fourth-order valence-corrected chi connectivity index (χ4v) is 4.25. The number of nitrogens with one attached hydrogen (secondary N) is 2. The third kappa shape index (κ3) is 6.72. The lowest BCUT2D eigenvalue weighted by molar-refractivity contribution is -0.384. The number of hydrogen-bond donors (Lipinski definition) is 7. The van der Waals surface area contributed by atoms with Gasteiger partial charge in [-0.15, -0.1) is 0 Å². The molecule has 16 nitrogen and oxygen atoms in total. The minimum atomic E-state index is -1.63. The molecular weight excluding hydrogens is 514 g/mol. The van der Waals surface area contributed by atoms with Crippen molar-refractivity contribution in [1.29, 1.82) is 0 Å². The average molecular weight is 545 g/mol. The molecule has 1 aromatic rings. The van der Waals surface area contributed by atoms with Crippen LogP contribution in [0.25, 0.3) is 0 Å². The normalized spacial score (nSPS) is 35.2. The largest absolute Gasteiger partial charge is 0.463 e. The summed E-state index contributed by atoms with van der Waals surface area (Å²) >= 11 is 0. The number of aliphatic hydroxyl groups is 5. The van der Waals surface area contributed by atoms with Crippen LogP contribution in [-0.2, 0) is 23.8 Å². The lowest BCUT2D eigenvalue weighted by Crippen LogP contribution is -2.69. The maximum atomic E-state index is 11.9. The van der Waals surface area contributed by atoms with E-state index in [1.165, 1.54) is 31.2 Å². The van der Waals surface area contributed by atoms with Crippen molar-refractivity contribution in [2.75, 3.05) is 13.2 Å². The number of non-ortho nitro benzene ring substituents is 1. The molecule has 0 saturated carbocycles.